The molecule has 1 N–H and O–H groups in total. The van der Waals surface area contributed by atoms with Crippen molar-refractivity contribution in [2.24, 2.45) is 23.7 Å². The van der Waals surface area contributed by atoms with Crippen molar-refractivity contribution in [1.82, 2.24) is 5.32 Å². The smallest absolute Gasteiger partial charge is 0.0469 e. The lowest BCUT2D eigenvalue weighted by molar-refractivity contribution is 0.0838. The van der Waals surface area contributed by atoms with Crippen molar-refractivity contribution in [3.8, 4) is 0 Å². The molecule has 1 aliphatic carbocycles. The Hall–Kier alpha value is -0.0800. The molecule has 0 saturated heterocycles. The van der Waals surface area contributed by atoms with Crippen LogP contribution in [-0.2, 0) is 4.74 Å². The summed E-state index contributed by atoms with van der Waals surface area (Å²) in [6.45, 7) is 14.6. The predicted molar refractivity (Wildman–Crippen MR) is 92.6 cm³/mol. The molecule has 0 bridgehead atoms. The first-order valence-electron chi connectivity index (χ1n) is 9.35. The van der Waals surface area contributed by atoms with Gasteiger partial charge >= 0.3 is 0 Å². The van der Waals surface area contributed by atoms with Crippen LogP contribution in [-0.4, -0.2) is 25.8 Å². The lowest BCUT2D eigenvalue weighted by Gasteiger charge is -2.38. The average Bonchev–Trinajstić information content (AvgIpc) is 2.44. The van der Waals surface area contributed by atoms with Crippen LogP contribution in [0.5, 0.6) is 0 Å². The number of hydrogen-bond acceptors (Lipinski definition) is 2. The van der Waals surface area contributed by atoms with Gasteiger partial charge in [0.1, 0.15) is 0 Å². The molecule has 21 heavy (non-hydrogen) atoms. The molecule has 0 aromatic rings. The maximum Gasteiger partial charge on any atom is 0.0469 e. The van der Waals surface area contributed by atoms with E-state index >= 15 is 0 Å². The highest BCUT2D eigenvalue weighted by Crippen LogP contribution is 2.35. The van der Waals surface area contributed by atoms with Crippen LogP contribution >= 0.6 is 0 Å². The topological polar surface area (TPSA) is 21.3 Å². The molecule has 0 amide bonds. The van der Waals surface area contributed by atoms with Gasteiger partial charge in [-0.25, -0.2) is 0 Å². The van der Waals surface area contributed by atoms with Crippen molar-refractivity contribution in [1.29, 1.82) is 0 Å². The van der Waals surface area contributed by atoms with Gasteiger partial charge in [-0.2, -0.15) is 0 Å². The molecular formula is C19H39NO. The Morgan fingerprint density at radius 1 is 1.10 bits per heavy atom. The highest BCUT2D eigenvalue weighted by Gasteiger charge is 2.31. The average molecular weight is 298 g/mol. The first-order valence-corrected chi connectivity index (χ1v) is 9.35. The molecule has 0 aromatic carbocycles. The molecule has 1 aliphatic rings. The highest BCUT2D eigenvalue weighted by molar-refractivity contribution is 4.85. The van der Waals surface area contributed by atoms with Crippen LogP contribution in [0.25, 0.3) is 0 Å². The number of nitrogens with one attached hydrogen (secondary N) is 1. The summed E-state index contributed by atoms with van der Waals surface area (Å²) in [6, 6.07) is 0.730. The van der Waals surface area contributed by atoms with Gasteiger partial charge < -0.3 is 10.1 Å². The van der Waals surface area contributed by atoms with Crippen LogP contribution in [0.1, 0.15) is 73.1 Å². The van der Waals surface area contributed by atoms with Gasteiger partial charge in [-0.3, -0.25) is 0 Å². The molecule has 2 nitrogen and oxygen atoms in total. The summed E-state index contributed by atoms with van der Waals surface area (Å²) in [5, 5.41) is 3.78. The first kappa shape index (κ1) is 19.0. The van der Waals surface area contributed by atoms with Crippen LogP contribution in [0.3, 0.4) is 0 Å². The van der Waals surface area contributed by atoms with Gasteiger partial charge in [-0.1, -0.05) is 34.6 Å². The van der Waals surface area contributed by atoms with Crippen molar-refractivity contribution in [2.45, 2.75) is 79.2 Å². The highest BCUT2D eigenvalue weighted by atomic mass is 16.5. The van der Waals surface area contributed by atoms with Crippen LogP contribution < -0.4 is 5.32 Å². The molecule has 1 saturated carbocycles. The Bertz CT molecular complexity index is 252. The zero-order chi connectivity index (χ0) is 15.7. The van der Waals surface area contributed by atoms with Crippen LogP contribution in [0.15, 0.2) is 0 Å². The molecule has 0 radical (unpaired) electrons. The van der Waals surface area contributed by atoms with Gasteiger partial charge in [0.15, 0.2) is 0 Å². The fourth-order valence-electron chi connectivity index (χ4n) is 3.48. The summed E-state index contributed by atoms with van der Waals surface area (Å²) in [7, 11) is 0. The zero-order valence-corrected chi connectivity index (χ0v) is 15.2. The Morgan fingerprint density at radius 3 is 2.48 bits per heavy atom. The fourth-order valence-corrected chi connectivity index (χ4v) is 3.48. The predicted octanol–water partition coefficient (Wildman–Crippen LogP) is 4.88. The molecule has 126 valence electrons. The molecular weight excluding hydrogens is 258 g/mol. The molecule has 0 aromatic heterocycles. The van der Waals surface area contributed by atoms with Crippen molar-refractivity contribution in [3.63, 3.8) is 0 Å². The third-order valence-corrected chi connectivity index (χ3v) is 5.09. The summed E-state index contributed by atoms with van der Waals surface area (Å²) >= 11 is 0. The van der Waals surface area contributed by atoms with E-state index in [2.05, 4.69) is 39.9 Å². The Kier molecular flexibility index (Phi) is 9.59. The molecule has 0 spiro atoms. The minimum absolute atomic E-state index is 0.730. The third kappa shape index (κ3) is 7.65. The molecule has 3 unspecified atom stereocenters. The van der Waals surface area contributed by atoms with E-state index in [4.69, 9.17) is 4.74 Å². The normalized spacial score (nSPS) is 26.7. The molecule has 2 heteroatoms. The summed E-state index contributed by atoms with van der Waals surface area (Å²) in [6.07, 6.45) is 7.83. The Morgan fingerprint density at radius 2 is 1.86 bits per heavy atom. The van der Waals surface area contributed by atoms with E-state index in [-0.39, 0.29) is 0 Å². The van der Waals surface area contributed by atoms with Crippen molar-refractivity contribution in [3.05, 3.63) is 0 Å². The van der Waals surface area contributed by atoms with Crippen LogP contribution in [0.2, 0.25) is 0 Å². The SMILES string of the molecule is CCCNC1CCC(C(C)C)CC1CCOCCC(C)C. The quantitative estimate of drug-likeness (QED) is 0.580. The van der Waals surface area contributed by atoms with E-state index in [9.17, 15) is 0 Å². The number of ether oxygens (including phenoxy) is 1. The minimum atomic E-state index is 0.730. The summed E-state index contributed by atoms with van der Waals surface area (Å²) in [5.74, 6) is 3.33. The van der Waals surface area contributed by atoms with Gasteiger partial charge in [0.2, 0.25) is 0 Å². The Labute approximate surface area is 133 Å². The standard InChI is InChI=1S/C19H39NO/c1-6-11-20-19-8-7-17(16(4)5)14-18(19)10-13-21-12-9-15(2)3/h15-20H,6-14H2,1-5H3. The van der Waals surface area contributed by atoms with Gasteiger partial charge in [0, 0.05) is 19.3 Å². The summed E-state index contributed by atoms with van der Waals surface area (Å²) < 4.78 is 5.87. The van der Waals surface area contributed by atoms with Gasteiger partial charge in [0.25, 0.3) is 0 Å². The second-order valence-corrected chi connectivity index (χ2v) is 7.72. The lowest BCUT2D eigenvalue weighted by Crippen LogP contribution is -2.42. The fraction of sp³-hybridized carbons (Fsp3) is 1.00. The summed E-state index contributed by atoms with van der Waals surface area (Å²) in [4.78, 5) is 0. The number of rotatable bonds is 10. The monoisotopic (exact) mass is 297 g/mol. The van der Waals surface area contributed by atoms with Crippen LogP contribution in [0, 0.1) is 23.7 Å². The molecule has 1 rings (SSSR count). The minimum Gasteiger partial charge on any atom is -0.381 e. The maximum absolute atomic E-state index is 5.87. The lowest BCUT2D eigenvalue weighted by atomic mass is 9.72. The molecule has 0 aliphatic heterocycles. The molecule has 0 heterocycles. The summed E-state index contributed by atoms with van der Waals surface area (Å²) in [5.41, 5.74) is 0. The first-order chi connectivity index (χ1) is 10.0. The van der Waals surface area contributed by atoms with E-state index in [0.29, 0.717) is 0 Å². The van der Waals surface area contributed by atoms with Crippen LogP contribution in [0.4, 0.5) is 0 Å². The van der Waals surface area contributed by atoms with Gasteiger partial charge in [0.05, 0.1) is 0 Å². The van der Waals surface area contributed by atoms with Crippen molar-refractivity contribution in [2.75, 3.05) is 19.8 Å². The van der Waals surface area contributed by atoms with E-state index in [1.807, 2.05) is 0 Å². The zero-order valence-electron chi connectivity index (χ0n) is 15.2. The third-order valence-electron chi connectivity index (χ3n) is 5.09. The van der Waals surface area contributed by atoms with Crippen molar-refractivity contribution < 1.29 is 4.74 Å². The molecule has 3 atom stereocenters. The van der Waals surface area contributed by atoms with Crippen molar-refractivity contribution >= 4 is 0 Å². The second-order valence-electron chi connectivity index (χ2n) is 7.72. The Balaban J connectivity index is 2.34. The van der Waals surface area contributed by atoms with E-state index in [0.717, 1.165) is 42.9 Å². The van der Waals surface area contributed by atoms with E-state index in [1.165, 1.54) is 45.1 Å². The van der Waals surface area contributed by atoms with E-state index < -0.39 is 0 Å². The molecule has 1 fully saturated rings. The van der Waals surface area contributed by atoms with Gasteiger partial charge in [-0.15, -0.1) is 0 Å². The van der Waals surface area contributed by atoms with Gasteiger partial charge in [-0.05, 0) is 68.7 Å². The number of hydrogen-bond donors (Lipinski definition) is 1. The largest absolute Gasteiger partial charge is 0.381 e. The second kappa shape index (κ2) is 10.6. The van der Waals surface area contributed by atoms with E-state index in [1.54, 1.807) is 0 Å². The maximum atomic E-state index is 5.87.